The molecule has 0 radical (unpaired) electrons. The second kappa shape index (κ2) is 23.3. The molecule has 4 amide bonds. The maximum atomic E-state index is 13.1. The molecule has 3 atom stereocenters. The van der Waals surface area contributed by atoms with E-state index >= 15 is 0 Å². The van der Waals surface area contributed by atoms with Gasteiger partial charge in [0.1, 0.15) is 12.1 Å². The number of amides is 4. The zero-order valence-electron chi connectivity index (χ0n) is 35.1. The summed E-state index contributed by atoms with van der Waals surface area (Å²) in [4.78, 5) is 64.6. The molecule has 0 aliphatic carbocycles. The Hall–Kier alpha value is -6.51. The van der Waals surface area contributed by atoms with Gasteiger partial charge in [-0.25, -0.2) is 9.97 Å². The van der Waals surface area contributed by atoms with Crippen molar-refractivity contribution in [2.24, 2.45) is 11.7 Å². The van der Waals surface area contributed by atoms with Crippen LogP contribution in [0.15, 0.2) is 110 Å². The monoisotopic (exact) mass is 827 g/mol. The Morgan fingerprint density at radius 2 is 1.57 bits per heavy atom. The molecule has 3 unspecified atom stereocenters. The van der Waals surface area contributed by atoms with Gasteiger partial charge in [0.2, 0.25) is 17.8 Å². The van der Waals surface area contributed by atoms with E-state index in [2.05, 4.69) is 41.5 Å². The molecule has 0 fully saturated rings. The van der Waals surface area contributed by atoms with Gasteiger partial charge in [0, 0.05) is 66.6 Å². The number of carbonyl (C=O) groups excluding carboxylic acids is 4. The molecule has 0 aliphatic rings. The number of nitrogens with one attached hydrogen (secondary N) is 5. The average Bonchev–Trinajstić information content (AvgIpc) is 3.26. The fourth-order valence-electron chi connectivity index (χ4n) is 6.57. The van der Waals surface area contributed by atoms with E-state index in [1.54, 1.807) is 30.7 Å². The normalized spacial score (nSPS) is 12.5. The molecular weight excluding hydrogens is 771 g/mol. The molecule has 0 bridgehead atoms. The zero-order chi connectivity index (χ0) is 43.6. The summed E-state index contributed by atoms with van der Waals surface area (Å²) < 4.78 is 0. The molecule has 61 heavy (non-hydrogen) atoms. The third-order valence-corrected chi connectivity index (χ3v) is 10.0. The minimum atomic E-state index is -1.45. The average molecular weight is 828 g/mol. The van der Waals surface area contributed by atoms with Crippen LogP contribution in [0.1, 0.15) is 79.4 Å². The van der Waals surface area contributed by atoms with E-state index in [-0.39, 0.29) is 23.6 Å². The van der Waals surface area contributed by atoms with E-state index in [9.17, 15) is 24.3 Å². The molecule has 320 valence electrons. The number of nitrogens with two attached hydrogens (primary N) is 1. The molecule has 14 heteroatoms. The fourth-order valence-corrected chi connectivity index (χ4v) is 6.57. The topological polar surface area (TPSA) is 213 Å². The number of rotatable bonds is 22. The van der Waals surface area contributed by atoms with Gasteiger partial charge in [-0.15, -0.1) is 0 Å². The first-order valence-corrected chi connectivity index (χ1v) is 20.8. The van der Waals surface area contributed by atoms with E-state index in [0.29, 0.717) is 56.0 Å². The molecule has 0 spiro atoms. The SMILES string of the molecule is Cc1ccc(NC(=O)c2ccc(CNC(=O)CCCCCCNC(=O)C(CC(C)C)NC(=O)C(O)C(N)Cc3ccccc3)cc2)cc1Nc1nccc(-c2cccnc2)n1. The Labute approximate surface area is 357 Å². The van der Waals surface area contributed by atoms with E-state index in [1.807, 2.05) is 99.6 Å². The molecule has 0 aliphatic heterocycles. The molecule has 14 nitrogen and oxygen atoms in total. The van der Waals surface area contributed by atoms with Crippen molar-refractivity contribution in [1.29, 1.82) is 0 Å². The maximum Gasteiger partial charge on any atom is 0.255 e. The summed E-state index contributed by atoms with van der Waals surface area (Å²) in [6.07, 6.45) is 7.86. The summed E-state index contributed by atoms with van der Waals surface area (Å²) in [5.74, 6) is -0.741. The quantitative estimate of drug-likeness (QED) is 0.0405. The van der Waals surface area contributed by atoms with Gasteiger partial charge in [0.25, 0.3) is 11.8 Å². The number of aliphatic hydroxyl groups is 1. The lowest BCUT2D eigenvalue weighted by molar-refractivity contribution is -0.135. The van der Waals surface area contributed by atoms with Crippen molar-refractivity contribution >= 4 is 41.0 Å². The molecule has 3 aromatic carbocycles. The van der Waals surface area contributed by atoms with Crippen molar-refractivity contribution in [2.75, 3.05) is 17.2 Å². The third-order valence-electron chi connectivity index (χ3n) is 10.0. The number of aliphatic hydroxyl groups excluding tert-OH is 1. The van der Waals surface area contributed by atoms with Gasteiger partial charge in [-0.3, -0.25) is 24.2 Å². The van der Waals surface area contributed by atoms with Crippen LogP contribution in [-0.2, 0) is 27.3 Å². The van der Waals surface area contributed by atoms with Gasteiger partial charge in [0.05, 0.1) is 5.69 Å². The second-order valence-corrected chi connectivity index (χ2v) is 15.5. The Bertz CT molecular complexity index is 2190. The standard InChI is InChI=1S/C47H57N9O5/c1-31(2)26-41(54-46(61)43(58)38(48)27-33-12-7-6-8-13-33)45(60)50-24-10-5-4-9-15-42(57)52-29-34-17-19-35(20-18-34)44(59)53-37-21-16-32(3)40(28-37)56-47-51-25-22-39(55-47)36-14-11-23-49-30-36/h6-8,11-14,16-23,25,28,30-31,38,41,43,58H,4-5,9-10,15,24,26-27,29,48H2,1-3H3,(H,50,60)(H,52,57)(H,53,59)(H,54,61)(H,51,55,56). The molecule has 5 rings (SSSR count). The summed E-state index contributed by atoms with van der Waals surface area (Å²) >= 11 is 0. The number of carbonyl (C=O) groups is 4. The van der Waals surface area contributed by atoms with E-state index in [0.717, 1.165) is 52.9 Å². The van der Waals surface area contributed by atoms with Crippen molar-refractivity contribution in [1.82, 2.24) is 30.9 Å². The number of hydrogen-bond acceptors (Lipinski definition) is 10. The second-order valence-electron chi connectivity index (χ2n) is 15.5. The van der Waals surface area contributed by atoms with Crippen LogP contribution in [0.3, 0.4) is 0 Å². The van der Waals surface area contributed by atoms with Gasteiger partial charge in [-0.1, -0.05) is 75.2 Å². The van der Waals surface area contributed by atoms with E-state index in [4.69, 9.17) is 5.73 Å². The number of benzene rings is 3. The molecule has 2 aromatic heterocycles. The zero-order valence-corrected chi connectivity index (χ0v) is 35.1. The van der Waals surface area contributed by atoms with Crippen LogP contribution in [-0.4, -0.2) is 68.4 Å². The number of pyridine rings is 1. The Kier molecular flexibility index (Phi) is 17.4. The number of unbranched alkanes of at least 4 members (excludes halogenated alkanes) is 3. The molecule has 8 N–H and O–H groups in total. The smallest absolute Gasteiger partial charge is 0.255 e. The largest absolute Gasteiger partial charge is 0.382 e. The Morgan fingerprint density at radius 3 is 2.31 bits per heavy atom. The minimum Gasteiger partial charge on any atom is -0.382 e. The van der Waals surface area contributed by atoms with Crippen molar-refractivity contribution < 1.29 is 24.3 Å². The van der Waals surface area contributed by atoms with Crippen LogP contribution >= 0.6 is 0 Å². The number of aromatic nitrogens is 3. The van der Waals surface area contributed by atoms with Gasteiger partial charge in [0.15, 0.2) is 0 Å². The van der Waals surface area contributed by atoms with Crippen LogP contribution in [0, 0.1) is 12.8 Å². The lowest BCUT2D eigenvalue weighted by Crippen LogP contribution is -2.54. The highest BCUT2D eigenvalue weighted by atomic mass is 16.3. The van der Waals surface area contributed by atoms with Gasteiger partial charge in [-0.05, 0) is 97.7 Å². The molecule has 2 heterocycles. The summed E-state index contributed by atoms with van der Waals surface area (Å²) in [6.45, 7) is 6.65. The summed E-state index contributed by atoms with van der Waals surface area (Å²) in [7, 11) is 0. The van der Waals surface area contributed by atoms with E-state index < -0.39 is 24.1 Å². The highest BCUT2D eigenvalue weighted by Crippen LogP contribution is 2.25. The minimum absolute atomic E-state index is 0.0638. The number of aryl methyl sites for hydroxylation is 1. The maximum absolute atomic E-state index is 13.1. The first kappa shape index (κ1) is 45.6. The first-order valence-electron chi connectivity index (χ1n) is 20.8. The van der Waals surface area contributed by atoms with Gasteiger partial charge < -0.3 is 37.4 Å². The van der Waals surface area contributed by atoms with Crippen LogP contribution in [0.5, 0.6) is 0 Å². The molecule has 5 aromatic rings. The van der Waals surface area contributed by atoms with E-state index in [1.165, 1.54) is 0 Å². The lowest BCUT2D eigenvalue weighted by Gasteiger charge is -2.24. The summed E-state index contributed by atoms with van der Waals surface area (Å²) in [6, 6.07) is 26.0. The van der Waals surface area contributed by atoms with Gasteiger partial charge in [-0.2, -0.15) is 0 Å². The van der Waals surface area contributed by atoms with Gasteiger partial charge >= 0.3 is 0 Å². The predicted octanol–water partition coefficient (Wildman–Crippen LogP) is 5.99. The van der Waals surface area contributed by atoms with Crippen molar-refractivity contribution in [3.05, 3.63) is 132 Å². The van der Waals surface area contributed by atoms with Crippen molar-refractivity contribution in [3.8, 4) is 11.3 Å². The first-order chi connectivity index (χ1) is 29.4. The summed E-state index contributed by atoms with van der Waals surface area (Å²) in [5, 5.41) is 25.3. The molecular formula is C47H57N9O5. The predicted molar refractivity (Wildman–Crippen MR) is 238 cm³/mol. The third kappa shape index (κ3) is 14.9. The van der Waals surface area contributed by atoms with Crippen molar-refractivity contribution in [2.45, 2.75) is 90.4 Å². The summed E-state index contributed by atoms with van der Waals surface area (Å²) in [5.41, 5.74) is 12.3. The Balaban J connectivity index is 0.970. The van der Waals surface area contributed by atoms with Crippen LogP contribution < -0.4 is 32.3 Å². The van der Waals surface area contributed by atoms with Crippen LogP contribution in [0.2, 0.25) is 0 Å². The highest BCUT2D eigenvalue weighted by molar-refractivity contribution is 6.04. The molecule has 0 saturated heterocycles. The van der Waals surface area contributed by atoms with Crippen LogP contribution in [0.4, 0.5) is 17.3 Å². The number of hydrogen-bond donors (Lipinski definition) is 7. The number of anilines is 3. The Morgan fingerprint density at radius 1 is 0.803 bits per heavy atom. The lowest BCUT2D eigenvalue weighted by atomic mass is 9.99. The fraction of sp³-hybridized carbons (Fsp3) is 0.340. The van der Waals surface area contributed by atoms with Crippen LogP contribution in [0.25, 0.3) is 11.3 Å². The van der Waals surface area contributed by atoms with Crippen molar-refractivity contribution in [3.63, 3.8) is 0 Å². The molecule has 0 saturated carbocycles. The number of nitrogens with zero attached hydrogens (tertiary/aromatic N) is 3. The highest BCUT2D eigenvalue weighted by Gasteiger charge is 2.28.